The zero-order chi connectivity index (χ0) is 12.0. The van der Waals surface area contributed by atoms with Crippen molar-refractivity contribution in [2.24, 2.45) is 0 Å². The molecule has 3 aliphatic heterocycles. The monoisotopic (exact) mass is 336 g/mol. The van der Waals surface area contributed by atoms with Crippen LogP contribution in [0.2, 0.25) is 10.3 Å². The number of aromatic nitrogens is 2. The first-order valence-electron chi connectivity index (χ1n) is 5.50. The summed E-state index contributed by atoms with van der Waals surface area (Å²) in [5.74, 6) is 0.729. The fourth-order valence-electron chi connectivity index (χ4n) is 2.42. The lowest BCUT2D eigenvalue weighted by Crippen LogP contribution is -2.57. The van der Waals surface area contributed by atoms with E-state index in [-0.39, 0.29) is 6.04 Å². The van der Waals surface area contributed by atoms with Gasteiger partial charge in [0.05, 0.1) is 10.5 Å². The van der Waals surface area contributed by atoms with Crippen LogP contribution < -0.4 is 0 Å². The van der Waals surface area contributed by atoms with Crippen molar-refractivity contribution >= 4 is 39.1 Å². The fraction of sp³-hybridized carbons (Fsp3) is 0.600. The molecule has 1 unspecified atom stereocenters. The summed E-state index contributed by atoms with van der Waals surface area (Å²) in [7, 11) is 0. The van der Waals surface area contributed by atoms with E-state index in [0.29, 0.717) is 14.8 Å². The van der Waals surface area contributed by atoms with Crippen molar-refractivity contribution in [1.82, 2.24) is 19.8 Å². The van der Waals surface area contributed by atoms with E-state index in [0.717, 1.165) is 38.5 Å². The second kappa shape index (κ2) is 4.63. The molecule has 0 radical (unpaired) electrons. The number of hydrogen-bond donors (Lipinski definition) is 0. The molecule has 1 aromatic rings. The van der Waals surface area contributed by atoms with Gasteiger partial charge in [-0.3, -0.25) is 9.80 Å². The lowest BCUT2D eigenvalue weighted by Gasteiger charge is -2.46. The third-order valence-electron chi connectivity index (χ3n) is 3.36. The van der Waals surface area contributed by atoms with Crippen LogP contribution in [0.3, 0.4) is 0 Å². The van der Waals surface area contributed by atoms with E-state index in [4.69, 9.17) is 23.2 Å². The Hall–Kier alpha value is 0.0600. The molecule has 4 heterocycles. The highest BCUT2D eigenvalue weighted by molar-refractivity contribution is 9.10. The van der Waals surface area contributed by atoms with Gasteiger partial charge in [0, 0.05) is 32.7 Å². The van der Waals surface area contributed by atoms with Gasteiger partial charge in [-0.15, -0.1) is 0 Å². The van der Waals surface area contributed by atoms with Gasteiger partial charge in [-0.2, -0.15) is 0 Å². The topological polar surface area (TPSA) is 32.3 Å². The minimum atomic E-state index is 0.223. The Labute approximate surface area is 118 Å². The predicted molar refractivity (Wildman–Crippen MR) is 70.5 cm³/mol. The predicted octanol–water partition coefficient (Wildman–Crippen LogP) is 2.22. The molecule has 2 bridgehead atoms. The van der Waals surface area contributed by atoms with Crippen molar-refractivity contribution in [2.75, 3.05) is 32.7 Å². The van der Waals surface area contributed by atoms with Crippen LogP contribution in [0.1, 0.15) is 11.9 Å². The summed E-state index contributed by atoms with van der Waals surface area (Å²) in [4.78, 5) is 13.5. The first-order valence-corrected chi connectivity index (χ1v) is 7.05. The molecule has 0 N–H and O–H groups in total. The van der Waals surface area contributed by atoms with Gasteiger partial charge in [0.15, 0.2) is 0 Å². The van der Waals surface area contributed by atoms with Gasteiger partial charge in [-0.25, -0.2) is 9.97 Å². The molecule has 0 amide bonds. The van der Waals surface area contributed by atoms with E-state index in [1.807, 2.05) is 0 Å². The Bertz CT molecular complexity index is 425. The number of halogens is 3. The molecule has 3 fully saturated rings. The average Bonchev–Trinajstić information content (AvgIpc) is 2.36. The third-order valence-corrected chi connectivity index (χ3v) is 5.12. The molecule has 3 saturated heterocycles. The Morgan fingerprint density at radius 2 is 1.65 bits per heavy atom. The van der Waals surface area contributed by atoms with E-state index >= 15 is 0 Å². The van der Waals surface area contributed by atoms with E-state index in [1.165, 1.54) is 0 Å². The Balaban J connectivity index is 1.94. The van der Waals surface area contributed by atoms with Crippen LogP contribution in [-0.2, 0) is 0 Å². The summed E-state index contributed by atoms with van der Waals surface area (Å²) in [5, 5.41) is 0.773. The Morgan fingerprint density at radius 1 is 1.06 bits per heavy atom. The highest BCUT2D eigenvalue weighted by atomic mass is 79.9. The Kier molecular flexibility index (Phi) is 3.30. The number of nitrogens with zero attached hydrogens (tertiary/aromatic N) is 4. The van der Waals surface area contributed by atoms with E-state index in [2.05, 4.69) is 35.7 Å². The number of fused-ring (bicyclic) bond motifs is 3. The summed E-state index contributed by atoms with van der Waals surface area (Å²) >= 11 is 15.3. The van der Waals surface area contributed by atoms with Crippen molar-refractivity contribution in [3.05, 3.63) is 20.6 Å². The maximum atomic E-state index is 6.03. The quantitative estimate of drug-likeness (QED) is 0.735. The maximum Gasteiger partial charge on any atom is 0.150 e. The van der Waals surface area contributed by atoms with Crippen molar-refractivity contribution in [3.63, 3.8) is 0 Å². The first-order chi connectivity index (χ1) is 8.15. The zero-order valence-corrected chi connectivity index (χ0v) is 12.1. The van der Waals surface area contributed by atoms with Gasteiger partial charge in [0.1, 0.15) is 16.1 Å². The first kappa shape index (κ1) is 12.1. The molecule has 3 aliphatic rings. The molecule has 92 valence electrons. The van der Waals surface area contributed by atoms with E-state index in [9.17, 15) is 0 Å². The van der Waals surface area contributed by atoms with Crippen LogP contribution in [0.5, 0.6) is 0 Å². The number of piperazine rings is 3. The second-order valence-corrected chi connectivity index (χ2v) is 5.84. The summed E-state index contributed by atoms with van der Waals surface area (Å²) < 4.78 is 0.570. The van der Waals surface area contributed by atoms with Gasteiger partial charge in [-0.05, 0) is 15.9 Å². The SMILES string of the molecule is Clc1nc(C2CN3CCN2CC3)nc(Cl)c1Br. The van der Waals surface area contributed by atoms with E-state index < -0.39 is 0 Å². The van der Waals surface area contributed by atoms with Gasteiger partial charge in [0.25, 0.3) is 0 Å². The molecule has 0 aliphatic carbocycles. The molecule has 0 aromatic carbocycles. The molecule has 0 saturated carbocycles. The highest BCUT2D eigenvalue weighted by Gasteiger charge is 2.35. The largest absolute Gasteiger partial charge is 0.299 e. The van der Waals surface area contributed by atoms with Gasteiger partial charge >= 0.3 is 0 Å². The minimum Gasteiger partial charge on any atom is -0.299 e. The number of rotatable bonds is 1. The lowest BCUT2D eigenvalue weighted by atomic mass is 10.1. The molecule has 7 heteroatoms. The van der Waals surface area contributed by atoms with Crippen molar-refractivity contribution in [3.8, 4) is 0 Å². The molecular formula is C10H11BrCl2N4. The van der Waals surface area contributed by atoms with Crippen LogP contribution >= 0.6 is 39.1 Å². The number of hydrogen-bond acceptors (Lipinski definition) is 4. The second-order valence-electron chi connectivity index (χ2n) is 4.33. The average molecular weight is 338 g/mol. The van der Waals surface area contributed by atoms with Crippen LogP contribution in [0, 0.1) is 0 Å². The third kappa shape index (κ3) is 2.19. The van der Waals surface area contributed by atoms with Crippen molar-refractivity contribution < 1.29 is 0 Å². The van der Waals surface area contributed by atoms with Gasteiger partial charge in [-0.1, -0.05) is 23.2 Å². The molecule has 0 spiro atoms. The highest BCUT2D eigenvalue weighted by Crippen LogP contribution is 2.32. The van der Waals surface area contributed by atoms with Crippen molar-refractivity contribution in [2.45, 2.75) is 6.04 Å². The van der Waals surface area contributed by atoms with E-state index in [1.54, 1.807) is 0 Å². The van der Waals surface area contributed by atoms with Gasteiger partial charge in [0.2, 0.25) is 0 Å². The van der Waals surface area contributed by atoms with Crippen LogP contribution in [0.25, 0.3) is 0 Å². The minimum absolute atomic E-state index is 0.223. The fourth-order valence-corrected chi connectivity index (χ4v) is 3.00. The van der Waals surface area contributed by atoms with Crippen LogP contribution in [0.4, 0.5) is 0 Å². The molecule has 4 nitrogen and oxygen atoms in total. The van der Waals surface area contributed by atoms with Crippen molar-refractivity contribution in [1.29, 1.82) is 0 Å². The summed E-state index contributed by atoms with van der Waals surface area (Å²) in [6.45, 7) is 5.37. The summed E-state index contributed by atoms with van der Waals surface area (Å²) in [6.07, 6.45) is 0. The molecular weight excluding hydrogens is 327 g/mol. The van der Waals surface area contributed by atoms with Crippen LogP contribution in [-0.4, -0.2) is 52.5 Å². The summed E-state index contributed by atoms with van der Waals surface area (Å²) in [5.41, 5.74) is 0. The lowest BCUT2D eigenvalue weighted by molar-refractivity contribution is 0.00864. The molecule has 4 rings (SSSR count). The standard InChI is InChI=1S/C10H11BrCl2N4/c11-7-8(12)14-10(15-9(7)13)6-5-16-1-3-17(6)4-2-16/h6H,1-5H2. The smallest absolute Gasteiger partial charge is 0.150 e. The zero-order valence-electron chi connectivity index (χ0n) is 9.04. The maximum absolute atomic E-state index is 6.03. The molecule has 17 heavy (non-hydrogen) atoms. The Morgan fingerprint density at radius 3 is 2.12 bits per heavy atom. The van der Waals surface area contributed by atoms with Gasteiger partial charge < -0.3 is 0 Å². The normalized spacial score (nSPS) is 31.8. The van der Waals surface area contributed by atoms with Crippen LogP contribution in [0.15, 0.2) is 4.47 Å². The summed E-state index contributed by atoms with van der Waals surface area (Å²) in [6, 6.07) is 0.223. The molecule has 1 aromatic heterocycles. The molecule has 1 atom stereocenters.